The summed E-state index contributed by atoms with van der Waals surface area (Å²) >= 11 is 0. The summed E-state index contributed by atoms with van der Waals surface area (Å²) in [7, 11) is -3.47. The number of benzene rings is 6. The fourth-order valence-electron chi connectivity index (χ4n) is 9.67. The third-order valence-corrected chi connectivity index (χ3v) is 17.1. The van der Waals surface area contributed by atoms with Gasteiger partial charge in [-0.3, -0.25) is 0 Å². The molecule has 2 heterocycles. The van der Waals surface area contributed by atoms with Crippen molar-refractivity contribution in [2.24, 2.45) is 0 Å². The molecule has 0 unspecified atom stereocenters. The molecule has 0 fully saturated rings. The van der Waals surface area contributed by atoms with Crippen LogP contribution in [0.3, 0.4) is 0 Å². The fourth-order valence-corrected chi connectivity index (χ4v) is 12.8. The minimum Gasteiger partial charge on any atom is -0.415 e. The average molecular weight is 919 g/mol. The Bertz CT molecular complexity index is 2960. The Labute approximate surface area is 396 Å². The topological polar surface area (TPSA) is 52.6 Å². The van der Waals surface area contributed by atoms with Gasteiger partial charge in [-0.2, -0.15) is 0 Å². The smallest absolute Gasteiger partial charge is 0.253 e. The second-order valence-electron chi connectivity index (χ2n) is 23.2. The number of rotatable bonds is 3. The van der Waals surface area contributed by atoms with Gasteiger partial charge in [0.1, 0.15) is 22.3 Å². The Morgan fingerprint density at radius 1 is 0.318 bits per heavy atom. The van der Waals surface area contributed by atoms with E-state index in [1.165, 1.54) is 66.8 Å². The largest absolute Gasteiger partial charge is 0.415 e. The van der Waals surface area contributed by atoms with Gasteiger partial charge in [-0.15, -0.1) is 0 Å². The third-order valence-electron chi connectivity index (χ3n) is 14.1. The first kappa shape index (κ1) is 47.6. The Balaban J connectivity index is 1.57. The van der Waals surface area contributed by atoms with E-state index in [-0.39, 0.29) is 21.7 Å². The lowest BCUT2D eigenvalue weighted by Crippen LogP contribution is -2.13. The zero-order valence-electron chi connectivity index (χ0n) is 43.5. The molecule has 4 nitrogen and oxygen atoms in total. The summed E-state index contributed by atoms with van der Waals surface area (Å²) in [4.78, 5) is 0. The van der Waals surface area contributed by atoms with Crippen molar-refractivity contribution < 1.29 is 16.8 Å². The third kappa shape index (κ3) is 8.09. The summed E-state index contributed by atoms with van der Waals surface area (Å²) < 4.78 is 30.3. The molecule has 0 N–H and O–H groups in total. The standard InChI is InChI=1S/C60H72O4P2/c1-33-29-43(57(9,10)11)53-49(37(33)5)50-38(6)34(2)30-44(58(12,13)14)54(50)62-65(61-53)47-27-23-21-25-41(47)42-26-22-24-28-48(42)66-63-55-45(59(15,16)17)31-35(3)39(7)51(55)52-40(8)36(4)32-46(56(52)64-66)60(18,19)20/h21-32H,1-20H3. The molecule has 6 aromatic carbocycles. The van der Waals surface area contributed by atoms with Gasteiger partial charge in [0, 0.05) is 54.9 Å². The highest BCUT2D eigenvalue weighted by molar-refractivity contribution is 7.46. The van der Waals surface area contributed by atoms with E-state index in [0.717, 1.165) is 65.6 Å². The predicted octanol–water partition coefficient (Wildman–Crippen LogP) is 20.2. The second-order valence-corrected chi connectivity index (χ2v) is 25.9. The zero-order valence-corrected chi connectivity index (χ0v) is 45.2. The van der Waals surface area contributed by atoms with Gasteiger partial charge in [0.05, 0.1) is 10.6 Å². The summed E-state index contributed by atoms with van der Waals surface area (Å²) in [6, 6.07) is 26.7. The molecule has 0 saturated heterocycles. The molecule has 0 bridgehead atoms. The number of aryl methyl sites for hydroxylation is 8. The molecule has 2 aromatic heterocycles. The van der Waals surface area contributed by atoms with Crippen molar-refractivity contribution in [3.63, 3.8) is 0 Å². The molecule has 0 aliphatic rings. The molecule has 0 aliphatic heterocycles. The van der Waals surface area contributed by atoms with Crippen molar-refractivity contribution in [3.8, 4) is 21.7 Å². The fraction of sp³-hybridized carbons (Fsp3) is 0.400. The van der Waals surface area contributed by atoms with Crippen LogP contribution in [0.15, 0.2) is 89.6 Å². The first-order valence-electron chi connectivity index (χ1n) is 23.7. The monoisotopic (exact) mass is 918 g/mol. The highest BCUT2D eigenvalue weighted by atomic mass is 31.1. The van der Waals surface area contributed by atoms with Crippen LogP contribution in [-0.2, 0) is 21.7 Å². The van der Waals surface area contributed by atoms with Crippen molar-refractivity contribution in [1.82, 2.24) is 0 Å². The lowest BCUT2D eigenvalue weighted by atomic mass is 9.81. The maximum atomic E-state index is 7.58. The molecule has 0 atom stereocenters. The molecular formula is C60H72O4P2. The molecule has 0 amide bonds. The zero-order chi connectivity index (χ0) is 48.3. The van der Waals surface area contributed by atoms with Crippen molar-refractivity contribution in [1.29, 1.82) is 0 Å². The minimum atomic E-state index is -1.73. The van der Waals surface area contributed by atoms with Crippen LogP contribution in [0.25, 0.3) is 65.6 Å². The molecule has 0 saturated carbocycles. The normalized spacial score (nSPS) is 12.8. The van der Waals surface area contributed by atoms with Crippen LogP contribution in [-0.4, -0.2) is 0 Å². The molecule has 8 aromatic rings. The van der Waals surface area contributed by atoms with Gasteiger partial charge in [0.15, 0.2) is 0 Å². The van der Waals surface area contributed by atoms with Gasteiger partial charge in [-0.1, -0.05) is 144 Å². The minimum absolute atomic E-state index is 0.195. The van der Waals surface area contributed by atoms with Gasteiger partial charge in [0.25, 0.3) is 16.0 Å². The van der Waals surface area contributed by atoms with Crippen molar-refractivity contribution in [2.75, 3.05) is 0 Å². The number of hydrogen-bond donors (Lipinski definition) is 0. The van der Waals surface area contributed by atoms with Crippen LogP contribution in [0.1, 0.15) is 150 Å². The van der Waals surface area contributed by atoms with E-state index in [1.807, 2.05) is 0 Å². The quantitative estimate of drug-likeness (QED) is 0.177. The van der Waals surface area contributed by atoms with Gasteiger partial charge in [-0.05, 0) is 134 Å². The molecule has 6 heteroatoms. The van der Waals surface area contributed by atoms with Gasteiger partial charge in [0.2, 0.25) is 0 Å². The second kappa shape index (κ2) is 16.4. The maximum absolute atomic E-state index is 7.58. The van der Waals surface area contributed by atoms with Gasteiger partial charge in [-0.25, -0.2) is 0 Å². The molecular weight excluding hydrogens is 847 g/mol. The summed E-state index contributed by atoms with van der Waals surface area (Å²) in [6.07, 6.45) is 0. The maximum Gasteiger partial charge on any atom is 0.253 e. The van der Waals surface area contributed by atoms with E-state index in [1.54, 1.807) is 0 Å². The van der Waals surface area contributed by atoms with Crippen LogP contribution in [0.4, 0.5) is 0 Å². The van der Waals surface area contributed by atoms with Crippen molar-refractivity contribution in [2.45, 2.75) is 160 Å². The molecule has 0 spiro atoms. The Morgan fingerprint density at radius 3 is 0.742 bits per heavy atom. The molecule has 8 rings (SSSR count). The van der Waals surface area contributed by atoms with E-state index in [2.05, 4.69) is 211 Å². The lowest BCUT2D eigenvalue weighted by molar-refractivity contribution is 0.567. The highest BCUT2D eigenvalue weighted by Crippen LogP contribution is 2.56. The van der Waals surface area contributed by atoms with Crippen LogP contribution in [0.5, 0.6) is 0 Å². The van der Waals surface area contributed by atoms with E-state index < -0.39 is 16.0 Å². The van der Waals surface area contributed by atoms with Crippen LogP contribution in [0, 0.1) is 55.4 Å². The number of fused-ring (bicyclic) bond motifs is 6. The van der Waals surface area contributed by atoms with Crippen LogP contribution >= 0.6 is 16.0 Å². The van der Waals surface area contributed by atoms with E-state index >= 15 is 0 Å². The molecule has 346 valence electrons. The molecule has 66 heavy (non-hydrogen) atoms. The first-order valence-corrected chi connectivity index (χ1v) is 26.1. The summed E-state index contributed by atoms with van der Waals surface area (Å²) in [6.45, 7) is 45.4. The average Bonchev–Trinajstić information content (AvgIpc) is 3.51. The predicted molar refractivity (Wildman–Crippen MR) is 287 cm³/mol. The van der Waals surface area contributed by atoms with Gasteiger partial charge >= 0.3 is 0 Å². The van der Waals surface area contributed by atoms with Crippen molar-refractivity contribution in [3.05, 3.63) is 140 Å². The molecule has 0 aliphatic carbocycles. The van der Waals surface area contributed by atoms with Crippen LogP contribution < -0.4 is 0 Å². The van der Waals surface area contributed by atoms with E-state index in [0.29, 0.717) is 0 Å². The number of hydrogen-bond acceptors (Lipinski definition) is 4. The Kier molecular flexibility index (Phi) is 11.8. The van der Waals surface area contributed by atoms with Gasteiger partial charge < -0.3 is 16.8 Å². The Hall–Kier alpha value is -4.88. The Morgan fingerprint density at radius 2 is 0.530 bits per heavy atom. The SMILES string of the molecule is Cc1cc(C(C)(C)C)c2op(-c3ccccc3-c3ccccc3-p3oc4c(C(C)(C)C)cc(C)c(C)c4c4c(C)c(C)cc(C(C)(C)C)c4o3)oc3c(C(C)(C)C)cc(C)c(C)c3c2c1C. The summed E-state index contributed by atoms with van der Waals surface area (Å²) in [5, 5.41) is 6.59. The molecule has 0 radical (unpaired) electrons. The van der Waals surface area contributed by atoms with E-state index in [4.69, 9.17) is 16.8 Å². The summed E-state index contributed by atoms with van der Waals surface area (Å²) in [5.74, 6) is 0. The van der Waals surface area contributed by atoms with Crippen molar-refractivity contribution >= 4 is 59.9 Å². The van der Waals surface area contributed by atoms with Crippen LogP contribution in [0.2, 0.25) is 0 Å². The summed E-state index contributed by atoms with van der Waals surface area (Å²) in [5.41, 5.74) is 19.6. The highest BCUT2D eigenvalue weighted by Gasteiger charge is 2.31. The lowest BCUT2D eigenvalue weighted by Gasteiger charge is -2.23. The first-order chi connectivity index (χ1) is 30.6. The van der Waals surface area contributed by atoms with E-state index in [9.17, 15) is 0 Å².